The van der Waals surface area contributed by atoms with Crippen molar-refractivity contribution in [2.24, 2.45) is 0 Å². The number of rotatable bonds is 7. The molecule has 0 aliphatic carbocycles. The van der Waals surface area contributed by atoms with E-state index in [4.69, 9.17) is 14.2 Å². The van der Waals surface area contributed by atoms with Crippen LogP contribution in [-0.4, -0.2) is 31.2 Å². The monoisotopic (exact) mass is 379 g/mol. The van der Waals surface area contributed by atoms with Crippen LogP contribution in [0.25, 0.3) is 0 Å². The van der Waals surface area contributed by atoms with Crippen molar-refractivity contribution >= 4 is 15.9 Å². The predicted octanol–water partition coefficient (Wildman–Crippen LogP) is 2.71. The third kappa shape index (κ3) is 4.60. The van der Waals surface area contributed by atoms with Crippen LogP contribution < -0.4 is 19.5 Å². The molecule has 23 heavy (non-hydrogen) atoms. The summed E-state index contributed by atoms with van der Waals surface area (Å²) in [7, 11) is 0. The van der Waals surface area contributed by atoms with Gasteiger partial charge in [0.1, 0.15) is 18.5 Å². The molecule has 0 spiro atoms. The molecule has 5 nitrogen and oxygen atoms in total. The summed E-state index contributed by atoms with van der Waals surface area (Å²) in [6.45, 7) is 1.62. The fourth-order valence-corrected chi connectivity index (χ4v) is 2.48. The average molecular weight is 380 g/mol. The van der Waals surface area contributed by atoms with Crippen LogP contribution in [0.4, 0.5) is 0 Å². The molecule has 0 aromatic heterocycles. The van der Waals surface area contributed by atoms with Crippen molar-refractivity contribution in [2.45, 2.75) is 12.6 Å². The van der Waals surface area contributed by atoms with E-state index >= 15 is 0 Å². The van der Waals surface area contributed by atoms with E-state index in [1.54, 1.807) is 0 Å². The highest BCUT2D eigenvalue weighted by atomic mass is 79.9. The second-order valence-electron chi connectivity index (χ2n) is 5.24. The van der Waals surface area contributed by atoms with Gasteiger partial charge in [0.15, 0.2) is 11.5 Å². The summed E-state index contributed by atoms with van der Waals surface area (Å²) in [5, 5.41) is 13.2. The zero-order valence-corrected chi connectivity index (χ0v) is 14.1. The first-order valence-corrected chi connectivity index (χ1v) is 8.16. The summed E-state index contributed by atoms with van der Waals surface area (Å²) >= 11 is 3.37. The van der Waals surface area contributed by atoms with Gasteiger partial charge in [-0.25, -0.2) is 0 Å². The lowest BCUT2D eigenvalue weighted by Gasteiger charge is -2.13. The average Bonchev–Trinajstić information content (AvgIpc) is 3.02. The minimum Gasteiger partial charge on any atom is -0.491 e. The number of nitrogens with one attached hydrogen (secondary N) is 1. The Balaban J connectivity index is 1.39. The van der Waals surface area contributed by atoms with Crippen molar-refractivity contribution in [3.05, 3.63) is 52.5 Å². The molecule has 0 saturated carbocycles. The summed E-state index contributed by atoms with van der Waals surface area (Å²) in [6, 6.07) is 13.3. The Morgan fingerprint density at radius 2 is 1.91 bits per heavy atom. The molecule has 0 fully saturated rings. The molecule has 1 heterocycles. The Bertz CT molecular complexity index is 648. The van der Waals surface area contributed by atoms with Crippen molar-refractivity contribution in [1.82, 2.24) is 5.32 Å². The molecule has 2 aromatic rings. The number of aliphatic hydroxyl groups is 1. The maximum absolute atomic E-state index is 9.96. The van der Waals surface area contributed by atoms with E-state index < -0.39 is 6.10 Å². The molecule has 0 bridgehead atoms. The van der Waals surface area contributed by atoms with E-state index in [1.807, 2.05) is 42.5 Å². The summed E-state index contributed by atoms with van der Waals surface area (Å²) in [5.41, 5.74) is 1.08. The van der Waals surface area contributed by atoms with Crippen LogP contribution in [0.1, 0.15) is 5.56 Å². The Labute approximate surface area is 143 Å². The Kier molecular flexibility index (Phi) is 5.38. The van der Waals surface area contributed by atoms with Crippen molar-refractivity contribution in [3.63, 3.8) is 0 Å². The molecule has 1 aliphatic heterocycles. The molecular formula is C17H18BrNO4. The summed E-state index contributed by atoms with van der Waals surface area (Å²) in [6.07, 6.45) is -0.576. The van der Waals surface area contributed by atoms with Gasteiger partial charge in [0, 0.05) is 17.6 Å². The second kappa shape index (κ2) is 7.68. The smallest absolute Gasteiger partial charge is 0.231 e. The third-order valence-corrected chi connectivity index (χ3v) is 3.93. The van der Waals surface area contributed by atoms with E-state index in [0.29, 0.717) is 13.1 Å². The van der Waals surface area contributed by atoms with Crippen LogP contribution in [0.5, 0.6) is 17.2 Å². The lowest BCUT2D eigenvalue weighted by molar-refractivity contribution is 0.106. The van der Waals surface area contributed by atoms with Crippen LogP contribution in [0.3, 0.4) is 0 Å². The van der Waals surface area contributed by atoms with Crippen molar-refractivity contribution in [2.75, 3.05) is 19.9 Å². The van der Waals surface area contributed by atoms with Crippen LogP contribution in [0.15, 0.2) is 46.9 Å². The summed E-state index contributed by atoms with van der Waals surface area (Å²) in [5.74, 6) is 2.28. The maximum Gasteiger partial charge on any atom is 0.231 e. The van der Waals surface area contributed by atoms with Crippen molar-refractivity contribution < 1.29 is 19.3 Å². The minimum atomic E-state index is -0.576. The Morgan fingerprint density at radius 1 is 1.13 bits per heavy atom. The third-order valence-electron chi connectivity index (χ3n) is 3.40. The van der Waals surface area contributed by atoms with Gasteiger partial charge < -0.3 is 24.6 Å². The first-order chi connectivity index (χ1) is 11.2. The zero-order valence-electron chi connectivity index (χ0n) is 12.5. The Hall–Kier alpha value is -1.76. The van der Waals surface area contributed by atoms with E-state index in [1.165, 1.54) is 0 Å². The number of halogens is 1. The molecule has 122 valence electrons. The molecule has 6 heteroatoms. The fraction of sp³-hybridized carbons (Fsp3) is 0.294. The summed E-state index contributed by atoms with van der Waals surface area (Å²) in [4.78, 5) is 0. The van der Waals surface area contributed by atoms with Crippen LogP contribution in [0.2, 0.25) is 0 Å². The second-order valence-corrected chi connectivity index (χ2v) is 6.15. The molecule has 2 N–H and O–H groups in total. The van der Waals surface area contributed by atoms with Gasteiger partial charge in [0.2, 0.25) is 6.79 Å². The van der Waals surface area contributed by atoms with Gasteiger partial charge >= 0.3 is 0 Å². The van der Waals surface area contributed by atoms with Gasteiger partial charge in [-0.15, -0.1) is 0 Å². The molecule has 1 aliphatic rings. The number of hydrogen-bond acceptors (Lipinski definition) is 5. The van der Waals surface area contributed by atoms with Crippen molar-refractivity contribution in [3.8, 4) is 17.2 Å². The quantitative estimate of drug-likeness (QED) is 0.774. The minimum absolute atomic E-state index is 0.246. The number of aliphatic hydroxyl groups excluding tert-OH is 1. The maximum atomic E-state index is 9.96. The van der Waals surface area contributed by atoms with Gasteiger partial charge in [-0.1, -0.05) is 22.0 Å². The van der Waals surface area contributed by atoms with E-state index in [0.717, 1.165) is 27.3 Å². The van der Waals surface area contributed by atoms with Gasteiger partial charge in [0.25, 0.3) is 0 Å². The van der Waals surface area contributed by atoms with Crippen LogP contribution in [0, 0.1) is 0 Å². The van der Waals surface area contributed by atoms with E-state index in [2.05, 4.69) is 21.2 Å². The molecule has 0 amide bonds. The first-order valence-electron chi connectivity index (χ1n) is 7.36. The molecule has 0 unspecified atom stereocenters. The number of benzene rings is 2. The SMILES string of the molecule is O[C@H](CNCc1ccc2c(c1)OCO2)COc1ccc(Br)cc1. The zero-order chi connectivity index (χ0) is 16.1. The van der Waals surface area contributed by atoms with E-state index in [9.17, 15) is 5.11 Å². The van der Waals surface area contributed by atoms with Crippen LogP contribution >= 0.6 is 15.9 Å². The number of fused-ring (bicyclic) bond motifs is 1. The number of ether oxygens (including phenoxy) is 3. The Morgan fingerprint density at radius 3 is 2.74 bits per heavy atom. The highest BCUT2D eigenvalue weighted by Gasteiger charge is 2.13. The summed E-state index contributed by atoms with van der Waals surface area (Å²) < 4.78 is 17.1. The molecule has 0 saturated heterocycles. The highest BCUT2D eigenvalue weighted by Crippen LogP contribution is 2.32. The van der Waals surface area contributed by atoms with Gasteiger partial charge in [-0.3, -0.25) is 0 Å². The molecule has 2 aromatic carbocycles. The number of hydrogen-bond donors (Lipinski definition) is 2. The molecular weight excluding hydrogens is 362 g/mol. The van der Waals surface area contributed by atoms with Gasteiger partial charge in [-0.2, -0.15) is 0 Å². The lowest BCUT2D eigenvalue weighted by Crippen LogP contribution is -2.31. The normalized spacial score (nSPS) is 13.8. The lowest BCUT2D eigenvalue weighted by atomic mass is 10.2. The van der Waals surface area contributed by atoms with Crippen LogP contribution in [-0.2, 0) is 6.54 Å². The highest BCUT2D eigenvalue weighted by molar-refractivity contribution is 9.10. The molecule has 0 radical (unpaired) electrons. The fourth-order valence-electron chi connectivity index (χ4n) is 2.22. The van der Waals surface area contributed by atoms with Gasteiger partial charge in [-0.05, 0) is 42.0 Å². The first kappa shape index (κ1) is 16.1. The van der Waals surface area contributed by atoms with Crippen molar-refractivity contribution in [1.29, 1.82) is 0 Å². The van der Waals surface area contributed by atoms with E-state index in [-0.39, 0.29) is 13.4 Å². The predicted molar refractivity (Wildman–Crippen MR) is 89.9 cm³/mol. The molecule has 3 rings (SSSR count). The standard InChI is InChI=1S/C17H18BrNO4/c18-13-2-4-15(5-3-13)21-10-14(20)9-19-8-12-1-6-16-17(7-12)23-11-22-16/h1-7,14,19-20H,8-11H2/t14-/m1/s1. The molecule has 1 atom stereocenters. The largest absolute Gasteiger partial charge is 0.491 e. The topological polar surface area (TPSA) is 60.0 Å². The van der Waals surface area contributed by atoms with Gasteiger partial charge in [0.05, 0.1) is 0 Å².